The van der Waals surface area contributed by atoms with Crippen LogP contribution in [-0.4, -0.2) is 24.0 Å². The van der Waals surface area contributed by atoms with Gasteiger partial charge in [0.1, 0.15) is 0 Å². The van der Waals surface area contributed by atoms with Crippen LogP contribution in [0.25, 0.3) is 0 Å². The molecule has 1 amide bonds. The minimum atomic E-state index is -4.47. The molecule has 0 saturated carbocycles. The van der Waals surface area contributed by atoms with Gasteiger partial charge in [-0.15, -0.1) is 0 Å². The number of nitrogens with zero attached hydrogens (tertiary/aromatic N) is 2. The first-order valence-corrected chi connectivity index (χ1v) is 9.05. The van der Waals surface area contributed by atoms with E-state index in [4.69, 9.17) is 0 Å². The van der Waals surface area contributed by atoms with Crippen molar-refractivity contribution in [3.8, 4) is 0 Å². The van der Waals surface area contributed by atoms with Crippen molar-refractivity contribution in [3.05, 3.63) is 53.3 Å². The number of carbonyl (C=O) groups is 1. The first-order chi connectivity index (χ1) is 12.8. The van der Waals surface area contributed by atoms with Gasteiger partial charge in [0.05, 0.1) is 22.5 Å². The van der Waals surface area contributed by atoms with Gasteiger partial charge in [-0.05, 0) is 50.1 Å². The third kappa shape index (κ3) is 4.78. The summed E-state index contributed by atoms with van der Waals surface area (Å²) < 4.78 is 39.5. The van der Waals surface area contributed by atoms with E-state index in [9.17, 15) is 18.0 Å². The van der Waals surface area contributed by atoms with Crippen LogP contribution >= 0.6 is 0 Å². The van der Waals surface area contributed by atoms with E-state index < -0.39 is 17.6 Å². The van der Waals surface area contributed by atoms with Crippen LogP contribution in [0.5, 0.6) is 0 Å². The Morgan fingerprint density at radius 2 is 1.78 bits per heavy atom. The third-order valence-corrected chi connectivity index (χ3v) is 4.69. The van der Waals surface area contributed by atoms with Crippen LogP contribution in [-0.2, 0) is 6.18 Å². The van der Waals surface area contributed by atoms with E-state index in [0.29, 0.717) is 11.3 Å². The van der Waals surface area contributed by atoms with Crippen LogP contribution in [0.2, 0.25) is 0 Å². The molecule has 1 aromatic carbocycles. The molecule has 1 saturated heterocycles. The summed E-state index contributed by atoms with van der Waals surface area (Å²) in [7, 11) is 0. The van der Waals surface area contributed by atoms with Gasteiger partial charge >= 0.3 is 6.18 Å². The fourth-order valence-corrected chi connectivity index (χ4v) is 3.20. The molecular formula is C20H22F3N3O. The van der Waals surface area contributed by atoms with Crippen molar-refractivity contribution in [3.63, 3.8) is 0 Å². The summed E-state index contributed by atoms with van der Waals surface area (Å²) in [6, 6.07) is 6.84. The lowest BCUT2D eigenvalue weighted by Crippen LogP contribution is -2.26. The highest BCUT2D eigenvalue weighted by Gasteiger charge is 2.31. The van der Waals surface area contributed by atoms with Crippen molar-refractivity contribution in [2.45, 2.75) is 38.8 Å². The number of amides is 1. The second-order valence-electron chi connectivity index (χ2n) is 6.77. The molecule has 0 spiro atoms. The largest absolute Gasteiger partial charge is 0.416 e. The Balaban J connectivity index is 1.93. The number of halogens is 3. The molecule has 0 bridgehead atoms. The zero-order chi connectivity index (χ0) is 19.4. The van der Waals surface area contributed by atoms with Gasteiger partial charge in [-0.1, -0.05) is 12.8 Å². The summed E-state index contributed by atoms with van der Waals surface area (Å²) in [6.07, 6.45) is 1.13. The highest BCUT2D eigenvalue weighted by Crippen LogP contribution is 2.36. The average Bonchev–Trinajstić information content (AvgIpc) is 2.90. The molecule has 0 aliphatic carbocycles. The smallest absolute Gasteiger partial charge is 0.370 e. The average molecular weight is 377 g/mol. The maximum atomic E-state index is 13.2. The minimum absolute atomic E-state index is 0.178. The number of benzene rings is 1. The molecule has 0 atom stereocenters. The Hall–Kier alpha value is -2.57. The van der Waals surface area contributed by atoms with Crippen LogP contribution in [0.15, 0.2) is 36.5 Å². The number of nitrogens with one attached hydrogen (secondary N) is 1. The number of carbonyl (C=O) groups excluding carboxylic acids is 1. The van der Waals surface area contributed by atoms with E-state index in [1.165, 1.54) is 12.3 Å². The van der Waals surface area contributed by atoms with Crippen molar-refractivity contribution < 1.29 is 18.0 Å². The number of anilines is 2. The van der Waals surface area contributed by atoms with Gasteiger partial charge in [-0.25, -0.2) is 0 Å². The first kappa shape index (κ1) is 19.2. The molecule has 1 N–H and O–H groups in total. The number of aryl methyl sites for hydroxylation is 1. The monoisotopic (exact) mass is 377 g/mol. The topological polar surface area (TPSA) is 45.2 Å². The highest BCUT2D eigenvalue weighted by atomic mass is 19.4. The lowest BCUT2D eigenvalue weighted by molar-refractivity contribution is -0.137. The second-order valence-corrected chi connectivity index (χ2v) is 6.77. The van der Waals surface area contributed by atoms with Crippen molar-refractivity contribution >= 4 is 17.3 Å². The van der Waals surface area contributed by atoms with Crippen LogP contribution in [0.4, 0.5) is 24.5 Å². The van der Waals surface area contributed by atoms with E-state index in [2.05, 4.69) is 15.2 Å². The fourth-order valence-electron chi connectivity index (χ4n) is 3.20. The van der Waals surface area contributed by atoms with E-state index in [1.807, 2.05) is 0 Å². The zero-order valence-electron chi connectivity index (χ0n) is 15.1. The highest BCUT2D eigenvalue weighted by molar-refractivity contribution is 6.05. The van der Waals surface area contributed by atoms with E-state index in [1.54, 1.807) is 19.1 Å². The van der Waals surface area contributed by atoms with Crippen molar-refractivity contribution in [2.75, 3.05) is 23.3 Å². The Kier molecular flexibility index (Phi) is 5.68. The van der Waals surface area contributed by atoms with Gasteiger partial charge in [-0.3, -0.25) is 9.78 Å². The van der Waals surface area contributed by atoms with Gasteiger partial charge in [-0.2, -0.15) is 13.2 Å². The van der Waals surface area contributed by atoms with Crippen LogP contribution < -0.4 is 10.2 Å². The third-order valence-electron chi connectivity index (χ3n) is 4.69. The molecule has 1 aromatic heterocycles. The molecule has 1 aliphatic heterocycles. The van der Waals surface area contributed by atoms with Gasteiger partial charge in [0.15, 0.2) is 0 Å². The zero-order valence-corrected chi connectivity index (χ0v) is 15.1. The normalized spacial score (nSPS) is 15.3. The van der Waals surface area contributed by atoms with Crippen LogP contribution in [0.3, 0.4) is 0 Å². The van der Waals surface area contributed by atoms with E-state index in [0.717, 1.165) is 56.6 Å². The molecular weight excluding hydrogens is 355 g/mol. The predicted octanol–water partition coefficient (Wildman–Crippen LogP) is 5.04. The number of pyridine rings is 1. The number of hydrogen-bond donors (Lipinski definition) is 1. The molecule has 1 aliphatic rings. The molecule has 27 heavy (non-hydrogen) atoms. The van der Waals surface area contributed by atoms with Crippen molar-refractivity contribution in [1.82, 2.24) is 4.98 Å². The summed E-state index contributed by atoms with van der Waals surface area (Å²) in [5.74, 6) is -0.474. The van der Waals surface area contributed by atoms with E-state index >= 15 is 0 Å². The van der Waals surface area contributed by atoms with Gasteiger partial charge in [0, 0.05) is 25.0 Å². The Morgan fingerprint density at radius 3 is 2.37 bits per heavy atom. The summed E-state index contributed by atoms with van der Waals surface area (Å²) in [4.78, 5) is 18.7. The van der Waals surface area contributed by atoms with Gasteiger partial charge in [0.2, 0.25) is 0 Å². The minimum Gasteiger partial charge on any atom is -0.370 e. The van der Waals surface area contributed by atoms with Crippen LogP contribution in [0, 0.1) is 6.92 Å². The summed E-state index contributed by atoms with van der Waals surface area (Å²) in [5, 5.41) is 2.66. The number of aromatic nitrogens is 1. The van der Waals surface area contributed by atoms with Gasteiger partial charge in [0.25, 0.3) is 5.91 Å². The van der Waals surface area contributed by atoms with Crippen LogP contribution in [0.1, 0.15) is 47.3 Å². The molecule has 144 valence electrons. The lowest BCUT2D eigenvalue weighted by Gasteiger charge is -2.26. The summed E-state index contributed by atoms with van der Waals surface area (Å²) >= 11 is 0. The standard InChI is InChI=1S/C20H22F3N3O/c1-14-6-7-15(13-24-14)19(27)25-17-12-16(20(21,22)23)8-9-18(17)26-10-4-2-3-5-11-26/h6-9,12-13H,2-5,10-11H2,1H3,(H,25,27). The summed E-state index contributed by atoms with van der Waals surface area (Å²) in [6.45, 7) is 3.33. The molecule has 0 radical (unpaired) electrons. The van der Waals surface area contributed by atoms with Crippen molar-refractivity contribution in [1.29, 1.82) is 0 Å². The van der Waals surface area contributed by atoms with E-state index in [-0.39, 0.29) is 5.69 Å². The maximum Gasteiger partial charge on any atom is 0.416 e. The maximum absolute atomic E-state index is 13.2. The number of alkyl halides is 3. The Bertz CT molecular complexity index is 795. The predicted molar refractivity (Wildman–Crippen MR) is 99.1 cm³/mol. The molecule has 3 rings (SSSR count). The summed E-state index contributed by atoms with van der Waals surface area (Å²) in [5.41, 5.74) is 1.09. The quantitative estimate of drug-likeness (QED) is 0.815. The molecule has 0 unspecified atom stereocenters. The van der Waals surface area contributed by atoms with Crippen molar-refractivity contribution in [2.24, 2.45) is 0 Å². The fraction of sp³-hybridized carbons (Fsp3) is 0.400. The Labute approximate surface area is 156 Å². The molecule has 4 nitrogen and oxygen atoms in total. The molecule has 2 aromatic rings. The SMILES string of the molecule is Cc1ccc(C(=O)Nc2cc(C(F)(F)F)ccc2N2CCCCCC2)cn1. The first-order valence-electron chi connectivity index (χ1n) is 9.05. The number of rotatable bonds is 3. The molecule has 2 heterocycles. The Morgan fingerprint density at radius 1 is 1.07 bits per heavy atom. The molecule has 7 heteroatoms. The molecule has 1 fully saturated rings. The second kappa shape index (κ2) is 7.98. The lowest BCUT2D eigenvalue weighted by atomic mass is 10.1. The van der Waals surface area contributed by atoms with Gasteiger partial charge < -0.3 is 10.2 Å². The number of hydrogen-bond acceptors (Lipinski definition) is 3.